The molecule has 9 heteroatoms. The lowest BCUT2D eigenvalue weighted by Crippen LogP contribution is -2.44. The van der Waals surface area contributed by atoms with Gasteiger partial charge >= 0.3 is 0 Å². The predicted octanol–water partition coefficient (Wildman–Crippen LogP) is 6.89. The van der Waals surface area contributed by atoms with E-state index in [2.05, 4.69) is 29.7 Å². The van der Waals surface area contributed by atoms with Crippen molar-refractivity contribution in [1.82, 2.24) is 20.2 Å². The van der Waals surface area contributed by atoms with E-state index in [0.717, 1.165) is 50.1 Å². The maximum atomic E-state index is 13.3. The summed E-state index contributed by atoms with van der Waals surface area (Å²) in [5.74, 6) is -0.950. The van der Waals surface area contributed by atoms with Gasteiger partial charge in [0, 0.05) is 17.3 Å². The topological polar surface area (TPSA) is 67.2 Å². The number of carbonyl (C=O) groups is 2. The van der Waals surface area contributed by atoms with Gasteiger partial charge in [0.2, 0.25) is 0 Å². The van der Waals surface area contributed by atoms with Crippen LogP contribution in [-0.2, 0) is 4.79 Å². The number of thiocarbonyl (C=S) groups is 1. The minimum absolute atomic E-state index is 0.217. The summed E-state index contributed by atoms with van der Waals surface area (Å²) in [7, 11) is 0. The van der Waals surface area contributed by atoms with Gasteiger partial charge < -0.3 is 0 Å². The van der Waals surface area contributed by atoms with Crippen molar-refractivity contribution in [2.75, 3.05) is 0 Å². The number of nitrogens with one attached hydrogen (secondary N) is 1. The zero-order valence-electron chi connectivity index (χ0n) is 20.2. The molecule has 0 unspecified atom stereocenters. The van der Waals surface area contributed by atoms with Crippen molar-refractivity contribution in [2.45, 2.75) is 0 Å². The number of rotatable bonds is 5. The zero-order chi connectivity index (χ0) is 26.9. The first-order valence-electron chi connectivity index (χ1n) is 12.0. The van der Waals surface area contributed by atoms with E-state index in [1.165, 1.54) is 0 Å². The maximum Gasteiger partial charge on any atom is 0.285 e. The van der Waals surface area contributed by atoms with Crippen molar-refractivity contribution < 1.29 is 9.59 Å². The lowest BCUT2D eigenvalue weighted by molar-refractivity contribution is -0.123. The van der Waals surface area contributed by atoms with Gasteiger partial charge in [-0.2, -0.15) is 10.1 Å². The second-order valence-corrected chi connectivity index (χ2v) is 10.8. The van der Waals surface area contributed by atoms with Crippen molar-refractivity contribution in [3.05, 3.63) is 124 Å². The van der Waals surface area contributed by atoms with Gasteiger partial charge in [0.15, 0.2) is 4.32 Å². The molecule has 0 aliphatic carbocycles. The van der Waals surface area contributed by atoms with Crippen molar-refractivity contribution in [3.8, 4) is 16.9 Å². The first kappa shape index (κ1) is 25.1. The number of halogens is 1. The fourth-order valence-electron chi connectivity index (χ4n) is 4.28. The molecule has 5 aromatic rings. The first-order chi connectivity index (χ1) is 19.0. The summed E-state index contributed by atoms with van der Waals surface area (Å²) in [4.78, 5) is 26.5. The molecule has 1 aliphatic rings. The van der Waals surface area contributed by atoms with Gasteiger partial charge in [0.05, 0.1) is 21.2 Å². The number of thioether (sulfide) groups is 1. The summed E-state index contributed by atoms with van der Waals surface area (Å²) < 4.78 is 2.00. The van der Waals surface area contributed by atoms with Crippen LogP contribution in [0, 0.1) is 0 Å². The number of carbonyl (C=O) groups excluding carboxylic acids is 2. The third kappa shape index (κ3) is 4.97. The largest absolute Gasteiger partial charge is 0.285 e. The van der Waals surface area contributed by atoms with Crippen LogP contribution in [0.5, 0.6) is 0 Å². The summed E-state index contributed by atoms with van der Waals surface area (Å²) >= 11 is 12.7. The lowest BCUT2D eigenvalue weighted by atomic mass is 10.0. The molecule has 4 aromatic carbocycles. The highest BCUT2D eigenvalue weighted by molar-refractivity contribution is 8.26. The van der Waals surface area contributed by atoms with Gasteiger partial charge in [-0.25, -0.2) is 4.68 Å². The van der Waals surface area contributed by atoms with Crippen LogP contribution in [0.1, 0.15) is 15.9 Å². The Kier molecular flexibility index (Phi) is 6.74. The third-order valence-electron chi connectivity index (χ3n) is 6.20. The number of hydrogen-bond donors (Lipinski definition) is 1. The van der Waals surface area contributed by atoms with Crippen molar-refractivity contribution in [2.24, 2.45) is 0 Å². The van der Waals surface area contributed by atoms with Crippen molar-refractivity contribution in [3.63, 3.8) is 0 Å². The Morgan fingerprint density at radius 2 is 1.64 bits per heavy atom. The average Bonchev–Trinajstić information content (AvgIpc) is 3.50. The first-order valence-corrected chi connectivity index (χ1v) is 13.6. The molecule has 6 nitrogen and oxygen atoms in total. The van der Waals surface area contributed by atoms with Gasteiger partial charge in [0.25, 0.3) is 11.8 Å². The van der Waals surface area contributed by atoms with Gasteiger partial charge in [-0.05, 0) is 59.4 Å². The van der Waals surface area contributed by atoms with Crippen LogP contribution < -0.4 is 5.43 Å². The number of benzene rings is 4. The van der Waals surface area contributed by atoms with E-state index < -0.39 is 11.8 Å². The number of fused-ring (bicyclic) bond motifs is 1. The predicted molar refractivity (Wildman–Crippen MR) is 160 cm³/mol. The van der Waals surface area contributed by atoms with Crippen LogP contribution in [0.4, 0.5) is 0 Å². The molecule has 190 valence electrons. The zero-order valence-corrected chi connectivity index (χ0v) is 22.6. The number of nitrogens with zero attached hydrogens (tertiary/aromatic N) is 3. The molecule has 2 amide bonds. The molecule has 39 heavy (non-hydrogen) atoms. The van der Waals surface area contributed by atoms with Crippen LogP contribution in [0.2, 0.25) is 5.02 Å². The number of aromatic nitrogens is 2. The Labute approximate surface area is 238 Å². The third-order valence-corrected chi connectivity index (χ3v) is 7.83. The monoisotopic (exact) mass is 566 g/mol. The Morgan fingerprint density at radius 1 is 0.923 bits per heavy atom. The van der Waals surface area contributed by atoms with Gasteiger partial charge in [-0.1, -0.05) is 90.1 Å². The molecule has 0 atom stereocenters. The van der Waals surface area contributed by atoms with Crippen LogP contribution in [0.15, 0.2) is 108 Å². The van der Waals surface area contributed by atoms with Crippen molar-refractivity contribution >= 4 is 68.6 Å². The number of hydrogen-bond acceptors (Lipinski definition) is 5. The molecule has 0 saturated carbocycles. The number of hydrazine groups is 1. The SMILES string of the molecule is O=C(NN1C(=O)/C(=C/c2cn(-c3ccccc3)nc2-c2ccc3ccccc3c2)SC1=S)c1ccccc1Cl. The van der Waals surface area contributed by atoms with E-state index in [4.69, 9.17) is 28.9 Å². The fraction of sp³-hybridized carbons (Fsp3) is 0. The number of para-hydroxylation sites is 1. The summed E-state index contributed by atoms with van der Waals surface area (Å²) in [6.07, 6.45) is 3.65. The molecule has 1 aromatic heterocycles. The number of amides is 2. The lowest BCUT2D eigenvalue weighted by Gasteiger charge is -2.16. The summed E-state index contributed by atoms with van der Waals surface area (Å²) in [5.41, 5.74) is 6.10. The molecule has 1 fully saturated rings. The molecular formula is C30H19ClN4O2S2. The van der Waals surface area contributed by atoms with Crippen molar-refractivity contribution in [1.29, 1.82) is 0 Å². The highest BCUT2D eigenvalue weighted by atomic mass is 35.5. The Morgan fingerprint density at radius 3 is 2.44 bits per heavy atom. The van der Waals surface area contributed by atoms with E-state index in [1.807, 2.05) is 54.7 Å². The van der Waals surface area contributed by atoms with Crippen LogP contribution in [0.3, 0.4) is 0 Å². The molecule has 1 aliphatic heterocycles. The Bertz CT molecular complexity index is 1800. The second-order valence-electron chi connectivity index (χ2n) is 8.71. The second kappa shape index (κ2) is 10.5. The standard InChI is InChI=1S/C30H19ClN4O2S2/c31-25-13-7-6-12-24(25)28(36)33-35-29(37)26(39-30(35)38)17-22-18-34(23-10-2-1-3-11-23)32-27(22)21-15-14-19-8-4-5-9-20(19)16-21/h1-18H,(H,33,36)/b26-17-. The van der Waals surface area contributed by atoms with E-state index >= 15 is 0 Å². The quantitative estimate of drug-likeness (QED) is 0.185. The average molecular weight is 567 g/mol. The van der Waals surface area contributed by atoms with E-state index in [1.54, 1.807) is 35.0 Å². The van der Waals surface area contributed by atoms with Gasteiger partial charge in [-0.15, -0.1) is 0 Å². The summed E-state index contributed by atoms with van der Waals surface area (Å²) in [5, 5.41) is 8.45. The molecule has 0 spiro atoms. The minimum Gasteiger partial charge on any atom is -0.267 e. The molecule has 0 bridgehead atoms. The molecular weight excluding hydrogens is 548 g/mol. The molecule has 1 N–H and O–H groups in total. The molecule has 1 saturated heterocycles. The van der Waals surface area contributed by atoms with Crippen LogP contribution >= 0.6 is 35.6 Å². The van der Waals surface area contributed by atoms with E-state index in [-0.39, 0.29) is 14.9 Å². The van der Waals surface area contributed by atoms with Gasteiger partial charge in [0.1, 0.15) is 5.69 Å². The normalized spacial score (nSPS) is 14.4. The summed E-state index contributed by atoms with van der Waals surface area (Å²) in [6.45, 7) is 0. The van der Waals surface area contributed by atoms with Crippen LogP contribution in [-0.4, -0.2) is 30.9 Å². The molecule has 2 heterocycles. The highest BCUT2D eigenvalue weighted by Gasteiger charge is 2.34. The smallest absolute Gasteiger partial charge is 0.267 e. The van der Waals surface area contributed by atoms with Gasteiger partial charge in [-0.3, -0.25) is 15.0 Å². The highest BCUT2D eigenvalue weighted by Crippen LogP contribution is 2.35. The molecule has 0 radical (unpaired) electrons. The molecule has 6 rings (SSSR count). The Hall–Kier alpha value is -4.24. The fourth-order valence-corrected chi connectivity index (χ4v) is 5.67. The maximum absolute atomic E-state index is 13.3. The summed E-state index contributed by atoms with van der Waals surface area (Å²) in [6, 6.07) is 30.7. The Balaban J connectivity index is 1.37. The minimum atomic E-state index is -0.521. The van der Waals surface area contributed by atoms with E-state index in [9.17, 15) is 9.59 Å². The van der Waals surface area contributed by atoms with E-state index in [0.29, 0.717) is 4.91 Å². The van der Waals surface area contributed by atoms with Crippen LogP contribution in [0.25, 0.3) is 33.8 Å².